The van der Waals surface area contributed by atoms with Gasteiger partial charge in [0, 0.05) is 38.3 Å². The number of carboxylic acids is 1. The zero-order chi connectivity index (χ0) is 14.8. The largest absolute Gasteiger partial charge is 0.481 e. The summed E-state index contributed by atoms with van der Waals surface area (Å²) in [6, 6.07) is 1.13. The molecule has 3 atom stereocenters. The van der Waals surface area contributed by atoms with Crippen LogP contribution in [0.15, 0.2) is 0 Å². The Hall–Kier alpha value is -0.610. The first-order valence-corrected chi connectivity index (χ1v) is 8.90. The van der Waals surface area contributed by atoms with Crippen LogP contribution < -0.4 is 0 Å². The van der Waals surface area contributed by atoms with Gasteiger partial charge in [-0.25, -0.2) is 0 Å². The second-order valence-electron chi connectivity index (χ2n) is 7.28. The Morgan fingerprint density at radius 2 is 1.71 bits per heavy atom. The van der Waals surface area contributed by atoms with Crippen molar-refractivity contribution in [2.24, 2.45) is 11.8 Å². The third kappa shape index (κ3) is 3.59. The van der Waals surface area contributed by atoms with E-state index < -0.39 is 5.97 Å². The van der Waals surface area contributed by atoms with E-state index in [0.717, 1.165) is 57.4 Å². The van der Waals surface area contributed by atoms with Crippen molar-refractivity contribution in [3.05, 3.63) is 0 Å². The van der Waals surface area contributed by atoms with E-state index in [4.69, 9.17) is 0 Å². The van der Waals surface area contributed by atoms with Crippen LogP contribution in [0.3, 0.4) is 0 Å². The minimum atomic E-state index is -0.570. The maximum absolute atomic E-state index is 11.6. The third-order valence-electron chi connectivity index (χ3n) is 5.82. The van der Waals surface area contributed by atoms with Crippen LogP contribution in [0, 0.1) is 11.8 Å². The van der Waals surface area contributed by atoms with Crippen LogP contribution >= 0.6 is 0 Å². The second kappa shape index (κ2) is 6.66. The van der Waals surface area contributed by atoms with Gasteiger partial charge in [-0.15, -0.1) is 0 Å². The SMILES string of the molecule is CCCC1CCC(C(=O)O)C(N2CCN(C3CC3)CC2)C1. The van der Waals surface area contributed by atoms with E-state index in [-0.39, 0.29) is 12.0 Å². The van der Waals surface area contributed by atoms with Crippen molar-refractivity contribution in [1.29, 1.82) is 0 Å². The van der Waals surface area contributed by atoms with Crippen LogP contribution in [0.1, 0.15) is 51.9 Å². The molecule has 1 N–H and O–H groups in total. The molecule has 0 bridgehead atoms. The summed E-state index contributed by atoms with van der Waals surface area (Å²) in [6.07, 6.45) is 8.35. The van der Waals surface area contributed by atoms with Crippen LogP contribution in [0.5, 0.6) is 0 Å². The highest BCUT2D eigenvalue weighted by Crippen LogP contribution is 2.36. The van der Waals surface area contributed by atoms with E-state index in [1.165, 1.54) is 25.7 Å². The van der Waals surface area contributed by atoms with Gasteiger partial charge in [0.2, 0.25) is 0 Å². The molecule has 0 radical (unpaired) electrons. The molecule has 3 unspecified atom stereocenters. The van der Waals surface area contributed by atoms with Crippen molar-refractivity contribution < 1.29 is 9.90 Å². The molecule has 0 spiro atoms. The van der Waals surface area contributed by atoms with Gasteiger partial charge < -0.3 is 5.11 Å². The molecule has 2 saturated carbocycles. The lowest BCUT2D eigenvalue weighted by molar-refractivity contribution is -0.146. The number of rotatable bonds is 5. The van der Waals surface area contributed by atoms with Crippen molar-refractivity contribution in [2.45, 2.75) is 64.0 Å². The highest BCUT2D eigenvalue weighted by atomic mass is 16.4. The van der Waals surface area contributed by atoms with E-state index in [9.17, 15) is 9.90 Å². The molecule has 0 aromatic rings. The molecular weight excluding hydrogens is 264 g/mol. The van der Waals surface area contributed by atoms with Gasteiger partial charge in [0.1, 0.15) is 0 Å². The van der Waals surface area contributed by atoms with Crippen molar-refractivity contribution >= 4 is 5.97 Å². The van der Waals surface area contributed by atoms with E-state index >= 15 is 0 Å². The Bertz CT molecular complexity index is 362. The monoisotopic (exact) mass is 294 g/mol. The Labute approximate surface area is 128 Å². The lowest BCUT2D eigenvalue weighted by atomic mass is 9.75. The van der Waals surface area contributed by atoms with Crippen molar-refractivity contribution in [2.75, 3.05) is 26.2 Å². The number of piperazine rings is 1. The molecule has 0 aromatic heterocycles. The number of hydrogen-bond donors (Lipinski definition) is 1. The fourth-order valence-electron chi connectivity index (χ4n) is 4.47. The third-order valence-corrected chi connectivity index (χ3v) is 5.82. The van der Waals surface area contributed by atoms with E-state index in [0.29, 0.717) is 0 Å². The minimum Gasteiger partial charge on any atom is -0.481 e. The summed E-state index contributed by atoms with van der Waals surface area (Å²) < 4.78 is 0. The molecule has 3 rings (SSSR count). The van der Waals surface area contributed by atoms with Gasteiger partial charge in [-0.2, -0.15) is 0 Å². The van der Waals surface area contributed by atoms with Crippen LogP contribution in [-0.4, -0.2) is 59.1 Å². The summed E-state index contributed by atoms with van der Waals surface area (Å²) in [5.74, 6) is 0.0437. The quantitative estimate of drug-likeness (QED) is 0.846. The normalized spacial score (nSPS) is 35.8. The second-order valence-corrected chi connectivity index (χ2v) is 7.28. The van der Waals surface area contributed by atoms with Crippen molar-refractivity contribution in [3.8, 4) is 0 Å². The fourth-order valence-corrected chi connectivity index (χ4v) is 4.47. The summed E-state index contributed by atoms with van der Waals surface area (Å²) in [4.78, 5) is 16.7. The lowest BCUT2D eigenvalue weighted by Gasteiger charge is -2.45. The zero-order valence-corrected chi connectivity index (χ0v) is 13.3. The Morgan fingerprint density at radius 3 is 2.29 bits per heavy atom. The van der Waals surface area contributed by atoms with Gasteiger partial charge in [0.05, 0.1) is 5.92 Å². The molecule has 3 fully saturated rings. The van der Waals surface area contributed by atoms with Gasteiger partial charge in [0.15, 0.2) is 0 Å². The molecule has 3 aliphatic rings. The molecule has 0 amide bonds. The average Bonchev–Trinajstić information content (AvgIpc) is 3.32. The van der Waals surface area contributed by atoms with Gasteiger partial charge >= 0.3 is 5.97 Å². The van der Waals surface area contributed by atoms with Crippen LogP contribution in [0.25, 0.3) is 0 Å². The summed E-state index contributed by atoms with van der Waals surface area (Å²) in [7, 11) is 0. The summed E-state index contributed by atoms with van der Waals surface area (Å²) in [5.41, 5.74) is 0. The topological polar surface area (TPSA) is 43.8 Å². The lowest BCUT2D eigenvalue weighted by Crippen LogP contribution is -2.55. The van der Waals surface area contributed by atoms with E-state index in [1.54, 1.807) is 0 Å². The van der Waals surface area contributed by atoms with Crippen molar-refractivity contribution in [3.63, 3.8) is 0 Å². The first-order valence-electron chi connectivity index (χ1n) is 8.90. The molecule has 1 saturated heterocycles. The predicted molar refractivity (Wildman–Crippen MR) is 83.3 cm³/mol. The number of carbonyl (C=O) groups is 1. The number of hydrogen-bond acceptors (Lipinski definition) is 3. The molecule has 120 valence electrons. The van der Waals surface area contributed by atoms with Gasteiger partial charge in [0.25, 0.3) is 0 Å². The first-order chi connectivity index (χ1) is 10.2. The number of carboxylic acid groups (broad SMARTS) is 1. The van der Waals surface area contributed by atoms with Crippen LogP contribution in [0.4, 0.5) is 0 Å². The molecule has 1 aliphatic heterocycles. The number of aliphatic carboxylic acids is 1. The minimum absolute atomic E-state index is 0.134. The van der Waals surface area contributed by atoms with Gasteiger partial charge in [-0.3, -0.25) is 14.6 Å². The zero-order valence-electron chi connectivity index (χ0n) is 13.3. The van der Waals surface area contributed by atoms with Gasteiger partial charge in [-0.1, -0.05) is 19.8 Å². The summed E-state index contributed by atoms with van der Waals surface area (Å²) in [6.45, 7) is 6.68. The smallest absolute Gasteiger partial charge is 0.308 e. The maximum atomic E-state index is 11.6. The molecule has 1 heterocycles. The first kappa shape index (κ1) is 15.3. The van der Waals surface area contributed by atoms with E-state index in [1.807, 2.05) is 0 Å². The Kier molecular flexibility index (Phi) is 4.85. The summed E-state index contributed by atoms with van der Waals surface area (Å²) in [5, 5.41) is 9.57. The molecule has 4 heteroatoms. The van der Waals surface area contributed by atoms with Crippen molar-refractivity contribution in [1.82, 2.24) is 9.80 Å². The Balaban J connectivity index is 1.60. The highest BCUT2D eigenvalue weighted by molar-refractivity contribution is 5.71. The maximum Gasteiger partial charge on any atom is 0.308 e. The predicted octanol–water partition coefficient (Wildman–Crippen LogP) is 2.44. The molecule has 2 aliphatic carbocycles. The standard InChI is InChI=1S/C17H30N2O2/c1-2-3-13-4-7-15(17(20)21)16(12-13)19-10-8-18(9-11-19)14-5-6-14/h13-16H,2-12H2,1H3,(H,20,21). The average molecular weight is 294 g/mol. The number of nitrogens with zero attached hydrogens (tertiary/aromatic N) is 2. The highest BCUT2D eigenvalue weighted by Gasteiger charge is 2.40. The van der Waals surface area contributed by atoms with Crippen LogP contribution in [-0.2, 0) is 4.79 Å². The van der Waals surface area contributed by atoms with Gasteiger partial charge in [-0.05, 0) is 38.0 Å². The molecule has 21 heavy (non-hydrogen) atoms. The molecule has 0 aromatic carbocycles. The molecular formula is C17H30N2O2. The van der Waals surface area contributed by atoms with E-state index in [2.05, 4.69) is 16.7 Å². The Morgan fingerprint density at radius 1 is 1.05 bits per heavy atom. The summed E-state index contributed by atoms with van der Waals surface area (Å²) >= 11 is 0. The fraction of sp³-hybridized carbons (Fsp3) is 0.941. The molecule has 4 nitrogen and oxygen atoms in total. The van der Waals surface area contributed by atoms with Crippen LogP contribution in [0.2, 0.25) is 0 Å².